The second kappa shape index (κ2) is 4.59. The summed E-state index contributed by atoms with van der Waals surface area (Å²) in [5, 5.41) is 8.79. The number of carboxylic acid groups (broad SMARTS) is 1. The van der Waals surface area contributed by atoms with Crippen molar-refractivity contribution in [1.29, 1.82) is 0 Å². The first-order chi connectivity index (χ1) is 7.07. The molecule has 0 aliphatic rings. The lowest BCUT2D eigenvalue weighted by Gasteiger charge is -2.10. The van der Waals surface area contributed by atoms with E-state index < -0.39 is 18.0 Å². The van der Waals surface area contributed by atoms with Crippen molar-refractivity contribution in [2.24, 2.45) is 0 Å². The van der Waals surface area contributed by atoms with Gasteiger partial charge in [-0.2, -0.15) is 0 Å². The van der Waals surface area contributed by atoms with Crippen molar-refractivity contribution < 1.29 is 19.4 Å². The Labute approximate surface area is 86.5 Å². The van der Waals surface area contributed by atoms with Gasteiger partial charge in [-0.3, -0.25) is 0 Å². The van der Waals surface area contributed by atoms with Crippen molar-refractivity contribution in [2.45, 2.75) is 19.9 Å². The molecular weight excluding hydrogens is 200 g/mol. The molecule has 82 valence electrons. The number of esters is 1. The molecule has 1 unspecified atom stereocenters. The predicted molar refractivity (Wildman–Crippen MR) is 50.5 cm³/mol. The maximum absolute atomic E-state index is 11.4. The smallest absolute Gasteiger partial charge is 0.374 e. The summed E-state index contributed by atoms with van der Waals surface area (Å²) >= 11 is 0. The molecule has 0 aliphatic heterocycles. The SMILES string of the molecule is CCOC(=O)c1nccn1C(C)C(=O)O. The summed E-state index contributed by atoms with van der Waals surface area (Å²) in [5.74, 6) is -1.64. The minimum Gasteiger partial charge on any atom is -0.480 e. The average Bonchev–Trinajstić information content (AvgIpc) is 2.65. The third-order valence-corrected chi connectivity index (χ3v) is 1.90. The first-order valence-corrected chi connectivity index (χ1v) is 4.50. The van der Waals surface area contributed by atoms with E-state index in [2.05, 4.69) is 4.98 Å². The van der Waals surface area contributed by atoms with Gasteiger partial charge < -0.3 is 14.4 Å². The van der Waals surface area contributed by atoms with Crippen LogP contribution in [0.3, 0.4) is 0 Å². The van der Waals surface area contributed by atoms with Gasteiger partial charge in [0, 0.05) is 12.4 Å². The van der Waals surface area contributed by atoms with Gasteiger partial charge >= 0.3 is 11.9 Å². The lowest BCUT2D eigenvalue weighted by atomic mass is 10.3. The van der Waals surface area contributed by atoms with Crippen molar-refractivity contribution >= 4 is 11.9 Å². The van der Waals surface area contributed by atoms with Crippen LogP contribution in [-0.4, -0.2) is 33.2 Å². The van der Waals surface area contributed by atoms with Gasteiger partial charge in [0.25, 0.3) is 0 Å². The number of carbonyl (C=O) groups is 2. The van der Waals surface area contributed by atoms with Crippen molar-refractivity contribution in [3.05, 3.63) is 18.2 Å². The van der Waals surface area contributed by atoms with Crippen LogP contribution < -0.4 is 0 Å². The highest BCUT2D eigenvalue weighted by atomic mass is 16.5. The van der Waals surface area contributed by atoms with Gasteiger partial charge in [0.2, 0.25) is 5.82 Å². The molecule has 0 aromatic carbocycles. The lowest BCUT2D eigenvalue weighted by molar-refractivity contribution is -0.140. The number of hydrogen-bond acceptors (Lipinski definition) is 4. The largest absolute Gasteiger partial charge is 0.480 e. The Hall–Kier alpha value is -1.85. The zero-order valence-corrected chi connectivity index (χ0v) is 8.51. The van der Waals surface area contributed by atoms with E-state index in [1.54, 1.807) is 6.92 Å². The molecular formula is C9H12N2O4. The first-order valence-electron chi connectivity index (χ1n) is 4.50. The fourth-order valence-electron chi connectivity index (χ4n) is 1.10. The summed E-state index contributed by atoms with van der Waals surface area (Å²) in [4.78, 5) is 25.8. The Bertz CT molecular complexity index is 372. The van der Waals surface area contributed by atoms with Gasteiger partial charge in [-0.1, -0.05) is 0 Å². The Balaban J connectivity index is 2.96. The van der Waals surface area contributed by atoms with E-state index in [1.807, 2.05) is 0 Å². The van der Waals surface area contributed by atoms with Gasteiger partial charge in [-0.05, 0) is 13.8 Å². The average molecular weight is 212 g/mol. The summed E-state index contributed by atoms with van der Waals surface area (Å²) in [6.07, 6.45) is 2.80. The van der Waals surface area contributed by atoms with E-state index in [4.69, 9.17) is 9.84 Å². The minimum atomic E-state index is -1.03. The molecule has 6 heteroatoms. The van der Waals surface area contributed by atoms with E-state index in [-0.39, 0.29) is 12.4 Å². The summed E-state index contributed by atoms with van der Waals surface area (Å²) in [6.45, 7) is 3.37. The van der Waals surface area contributed by atoms with Crippen LogP contribution in [0, 0.1) is 0 Å². The van der Waals surface area contributed by atoms with Crippen LogP contribution in [0.5, 0.6) is 0 Å². The van der Waals surface area contributed by atoms with Gasteiger partial charge in [0.05, 0.1) is 6.61 Å². The fourth-order valence-corrected chi connectivity index (χ4v) is 1.10. The van der Waals surface area contributed by atoms with Crippen LogP contribution in [0.15, 0.2) is 12.4 Å². The van der Waals surface area contributed by atoms with E-state index in [0.717, 1.165) is 0 Å². The van der Waals surface area contributed by atoms with Crippen LogP contribution in [-0.2, 0) is 9.53 Å². The molecule has 0 amide bonds. The first kappa shape index (κ1) is 11.2. The molecule has 1 aromatic rings. The third kappa shape index (κ3) is 2.34. The Kier molecular flexibility index (Phi) is 3.43. The number of ether oxygens (including phenoxy) is 1. The lowest BCUT2D eigenvalue weighted by Crippen LogP contribution is -2.21. The van der Waals surface area contributed by atoms with E-state index in [9.17, 15) is 9.59 Å². The van der Waals surface area contributed by atoms with E-state index >= 15 is 0 Å². The van der Waals surface area contributed by atoms with E-state index in [1.165, 1.54) is 23.9 Å². The number of carboxylic acids is 1. The number of rotatable bonds is 4. The summed E-state index contributed by atoms with van der Waals surface area (Å²) in [5.41, 5.74) is 0. The summed E-state index contributed by atoms with van der Waals surface area (Å²) < 4.78 is 6.01. The van der Waals surface area contributed by atoms with Crippen molar-refractivity contribution in [3.63, 3.8) is 0 Å². The molecule has 15 heavy (non-hydrogen) atoms. The van der Waals surface area contributed by atoms with Gasteiger partial charge in [-0.15, -0.1) is 0 Å². The Morgan fingerprint density at radius 1 is 1.67 bits per heavy atom. The molecule has 0 spiro atoms. The van der Waals surface area contributed by atoms with Crippen LogP contribution >= 0.6 is 0 Å². The predicted octanol–water partition coefficient (Wildman–Crippen LogP) is 0.705. The summed E-state index contributed by atoms with van der Waals surface area (Å²) in [6, 6.07) is -0.841. The second-order valence-corrected chi connectivity index (χ2v) is 2.89. The minimum absolute atomic E-state index is 0.00625. The fraction of sp³-hybridized carbons (Fsp3) is 0.444. The standard InChI is InChI=1S/C9H12N2O4/c1-3-15-9(14)7-10-4-5-11(7)6(2)8(12)13/h4-6H,3H2,1-2H3,(H,12,13). The molecule has 0 saturated heterocycles. The normalized spacial score (nSPS) is 12.1. The van der Waals surface area contributed by atoms with Gasteiger partial charge in [-0.25, -0.2) is 14.6 Å². The topological polar surface area (TPSA) is 81.4 Å². The van der Waals surface area contributed by atoms with Gasteiger partial charge in [0.1, 0.15) is 6.04 Å². The highest BCUT2D eigenvalue weighted by molar-refractivity contribution is 5.86. The zero-order chi connectivity index (χ0) is 11.4. The monoisotopic (exact) mass is 212 g/mol. The number of hydrogen-bond donors (Lipinski definition) is 1. The number of aromatic nitrogens is 2. The van der Waals surface area contributed by atoms with Crippen LogP contribution in [0.2, 0.25) is 0 Å². The van der Waals surface area contributed by atoms with Crippen molar-refractivity contribution in [1.82, 2.24) is 9.55 Å². The molecule has 0 saturated carbocycles. The molecule has 6 nitrogen and oxygen atoms in total. The van der Waals surface area contributed by atoms with Crippen LogP contribution in [0.25, 0.3) is 0 Å². The molecule has 0 aliphatic carbocycles. The molecule has 1 heterocycles. The maximum Gasteiger partial charge on any atom is 0.374 e. The highest BCUT2D eigenvalue weighted by Gasteiger charge is 2.21. The Morgan fingerprint density at radius 3 is 2.87 bits per heavy atom. The van der Waals surface area contributed by atoms with E-state index in [0.29, 0.717) is 0 Å². The molecule has 0 fully saturated rings. The van der Waals surface area contributed by atoms with Gasteiger partial charge in [0.15, 0.2) is 0 Å². The Morgan fingerprint density at radius 2 is 2.33 bits per heavy atom. The van der Waals surface area contributed by atoms with Crippen molar-refractivity contribution in [3.8, 4) is 0 Å². The molecule has 1 N–H and O–H groups in total. The molecule has 1 aromatic heterocycles. The zero-order valence-electron chi connectivity index (χ0n) is 8.51. The number of carbonyl (C=O) groups excluding carboxylic acids is 1. The van der Waals surface area contributed by atoms with Crippen LogP contribution in [0.1, 0.15) is 30.5 Å². The third-order valence-electron chi connectivity index (χ3n) is 1.90. The highest BCUT2D eigenvalue weighted by Crippen LogP contribution is 2.10. The van der Waals surface area contributed by atoms with Crippen LogP contribution in [0.4, 0.5) is 0 Å². The second-order valence-electron chi connectivity index (χ2n) is 2.89. The summed E-state index contributed by atoms with van der Waals surface area (Å²) in [7, 11) is 0. The number of imidazole rings is 1. The number of nitrogens with zero attached hydrogens (tertiary/aromatic N) is 2. The maximum atomic E-state index is 11.4. The molecule has 0 radical (unpaired) electrons. The van der Waals surface area contributed by atoms with Crippen molar-refractivity contribution in [2.75, 3.05) is 6.61 Å². The quantitative estimate of drug-likeness (QED) is 0.743. The molecule has 0 bridgehead atoms. The molecule has 1 atom stereocenters. The number of aliphatic carboxylic acids is 1. The molecule has 1 rings (SSSR count).